The Labute approximate surface area is 111 Å². The average molecular weight is 270 g/mol. The van der Waals surface area contributed by atoms with E-state index in [1.807, 2.05) is 0 Å². The van der Waals surface area contributed by atoms with Gasteiger partial charge >= 0.3 is 0 Å². The Hall–Kier alpha value is -1.59. The van der Waals surface area contributed by atoms with Crippen LogP contribution in [0.2, 0.25) is 5.02 Å². The molecule has 0 bridgehead atoms. The Morgan fingerprint density at radius 1 is 1.39 bits per heavy atom. The number of rotatable bonds is 5. The minimum absolute atomic E-state index is 0.00697. The van der Waals surface area contributed by atoms with Crippen LogP contribution in [0.5, 0.6) is 0 Å². The third kappa shape index (κ3) is 4.73. The SMILES string of the molecule is CNCC(=O)N(C)CC(=O)Nc1cccc(Cl)c1. The van der Waals surface area contributed by atoms with Crippen LogP contribution < -0.4 is 10.6 Å². The van der Waals surface area contributed by atoms with Crippen molar-refractivity contribution in [2.24, 2.45) is 0 Å². The molecule has 0 aliphatic heterocycles. The molecule has 2 N–H and O–H groups in total. The second-order valence-electron chi connectivity index (χ2n) is 3.84. The predicted octanol–water partition coefficient (Wildman–Crippen LogP) is 0.956. The summed E-state index contributed by atoms with van der Waals surface area (Å²) in [5.41, 5.74) is 0.613. The number of nitrogens with one attached hydrogen (secondary N) is 2. The van der Waals surface area contributed by atoms with E-state index in [1.54, 1.807) is 38.4 Å². The number of carbonyl (C=O) groups is 2. The number of amides is 2. The minimum Gasteiger partial charge on any atom is -0.335 e. The molecule has 1 rings (SSSR count). The standard InChI is InChI=1S/C12H16ClN3O2/c1-14-7-12(18)16(2)8-11(17)15-10-5-3-4-9(13)6-10/h3-6,14H,7-8H2,1-2H3,(H,15,17). The first-order valence-corrected chi connectivity index (χ1v) is 5.84. The molecule has 0 aliphatic carbocycles. The molecule has 0 radical (unpaired) electrons. The molecule has 0 unspecified atom stereocenters. The highest BCUT2D eigenvalue weighted by molar-refractivity contribution is 6.30. The molecule has 0 aliphatic rings. The molecule has 1 aromatic rings. The number of halogens is 1. The summed E-state index contributed by atoms with van der Waals surface area (Å²) in [5.74, 6) is -0.400. The Bertz CT molecular complexity index is 437. The lowest BCUT2D eigenvalue weighted by molar-refractivity contribution is -0.132. The lowest BCUT2D eigenvalue weighted by Crippen LogP contribution is -2.39. The van der Waals surface area contributed by atoms with Crippen LogP contribution in [0.4, 0.5) is 5.69 Å². The molecule has 2 amide bonds. The van der Waals surface area contributed by atoms with Crippen LogP contribution in [0.3, 0.4) is 0 Å². The highest BCUT2D eigenvalue weighted by atomic mass is 35.5. The lowest BCUT2D eigenvalue weighted by atomic mass is 10.3. The highest BCUT2D eigenvalue weighted by Gasteiger charge is 2.11. The summed E-state index contributed by atoms with van der Waals surface area (Å²) >= 11 is 5.80. The van der Waals surface area contributed by atoms with Crippen molar-refractivity contribution in [1.29, 1.82) is 0 Å². The molecule has 18 heavy (non-hydrogen) atoms. The van der Waals surface area contributed by atoms with Gasteiger partial charge in [0.25, 0.3) is 0 Å². The van der Waals surface area contributed by atoms with E-state index in [0.717, 1.165) is 0 Å². The van der Waals surface area contributed by atoms with Gasteiger partial charge in [-0.2, -0.15) is 0 Å². The summed E-state index contributed by atoms with van der Waals surface area (Å²) < 4.78 is 0. The van der Waals surface area contributed by atoms with E-state index < -0.39 is 0 Å². The van der Waals surface area contributed by atoms with Gasteiger partial charge in [-0.05, 0) is 25.2 Å². The normalized spacial score (nSPS) is 9.94. The van der Waals surface area contributed by atoms with Crippen LogP contribution in [0.15, 0.2) is 24.3 Å². The predicted molar refractivity (Wildman–Crippen MR) is 71.6 cm³/mol. The fraction of sp³-hybridized carbons (Fsp3) is 0.333. The molecule has 0 fully saturated rings. The van der Waals surface area contributed by atoms with Crippen molar-refractivity contribution in [1.82, 2.24) is 10.2 Å². The van der Waals surface area contributed by atoms with Gasteiger partial charge in [0.05, 0.1) is 13.1 Å². The first-order valence-electron chi connectivity index (χ1n) is 5.47. The largest absolute Gasteiger partial charge is 0.335 e. The maximum absolute atomic E-state index is 11.7. The molecular weight excluding hydrogens is 254 g/mol. The van der Waals surface area contributed by atoms with Crippen molar-refractivity contribution in [2.45, 2.75) is 0 Å². The van der Waals surface area contributed by atoms with E-state index in [2.05, 4.69) is 10.6 Å². The zero-order valence-electron chi connectivity index (χ0n) is 10.4. The van der Waals surface area contributed by atoms with E-state index in [4.69, 9.17) is 11.6 Å². The van der Waals surface area contributed by atoms with E-state index in [-0.39, 0.29) is 24.9 Å². The van der Waals surface area contributed by atoms with Crippen molar-refractivity contribution in [3.63, 3.8) is 0 Å². The summed E-state index contributed by atoms with van der Waals surface area (Å²) in [6.07, 6.45) is 0. The quantitative estimate of drug-likeness (QED) is 0.837. The van der Waals surface area contributed by atoms with Crippen molar-refractivity contribution in [3.8, 4) is 0 Å². The number of anilines is 1. The Kier molecular flexibility index (Phi) is 5.61. The summed E-state index contributed by atoms with van der Waals surface area (Å²) in [6, 6.07) is 6.85. The van der Waals surface area contributed by atoms with Crippen LogP contribution in [0.1, 0.15) is 0 Å². The van der Waals surface area contributed by atoms with Gasteiger partial charge < -0.3 is 15.5 Å². The Balaban J connectivity index is 2.49. The molecule has 0 aromatic heterocycles. The molecule has 0 saturated heterocycles. The van der Waals surface area contributed by atoms with Crippen LogP contribution >= 0.6 is 11.6 Å². The van der Waals surface area contributed by atoms with Crippen molar-refractivity contribution >= 4 is 29.1 Å². The monoisotopic (exact) mass is 269 g/mol. The zero-order valence-corrected chi connectivity index (χ0v) is 11.1. The summed E-state index contributed by atoms with van der Waals surface area (Å²) in [5, 5.41) is 5.96. The van der Waals surface area contributed by atoms with E-state index in [1.165, 1.54) is 4.90 Å². The van der Waals surface area contributed by atoms with Crippen molar-refractivity contribution < 1.29 is 9.59 Å². The van der Waals surface area contributed by atoms with E-state index >= 15 is 0 Å². The second kappa shape index (κ2) is 6.98. The van der Waals surface area contributed by atoms with Gasteiger partial charge in [-0.1, -0.05) is 17.7 Å². The molecule has 98 valence electrons. The third-order valence-electron chi connectivity index (χ3n) is 2.24. The van der Waals surface area contributed by atoms with Gasteiger partial charge in [0.15, 0.2) is 0 Å². The zero-order chi connectivity index (χ0) is 13.5. The number of hydrogen-bond donors (Lipinski definition) is 2. The van der Waals surface area contributed by atoms with Gasteiger partial charge in [0.2, 0.25) is 11.8 Å². The summed E-state index contributed by atoms with van der Waals surface area (Å²) in [6.45, 7) is 0.216. The van der Waals surface area contributed by atoms with Gasteiger partial charge in [-0.15, -0.1) is 0 Å². The van der Waals surface area contributed by atoms with E-state index in [0.29, 0.717) is 10.7 Å². The van der Waals surface area contributed by atoms with Crippen LogP contribution in [0, 0.1) is 0 Å². The molecular formula is C12H16ClN3O2. The molecule has 0 atom stereocenters. The summed E-state index contributed by atoms with van der Waals surface area (Å²) in [7, 11) is 3.26. The fourth-order valence-electron chi connectivity index (χ4n) is 1.36. The van der Waals surface area contributed by atoms with Crippen LogP contribution in [0.25, 0.3) is 0 Å². The Morgan fingerprint density at radius 3 is 2.72 bits per heavy atom. The van der Waals surface area contributed by atoms with Crippen molar-refractivity contribution in [3.05, 3.63) is 29.3 Å². The van der Waals surface area contributed by atoms with Gasteiger partial charge in [0.1, 0.15) is 0 Å². The van der Waals surface area contributed by atoms with Gasteiger partial charge in [-0.3, -0.25) is 9.59 Å². The smallest absolute Gasteiger partial charge is 0.243 e. The van der Waals surface area contributed by atoms with Crippen LogP contribution in [-0.4, -0.2) is 43.9 Å². The first-order chi connectivity index (χ1) is 8.52. The maximum atomic E-state index is 11.7. The Morgan fingerprint density at radius 2 is 2.11 bits per heavy atom. The van der Waals surface area contributed by atoms with Gasteiger partial charge in [0, 0.05) is 17.8 Å². The van der Waals surface area contributed by atoms with Crippen molar-refractivity contribution in [2.75, 3.05) is 32.5 Å². The molecule has 5 nitrogen and oxygen atoms in total. The third-order valence-corrected chi connectivity index (χ3v) is 2.48. The highest BCUT2D eigenvalue weighted by Crippen LogP contribution is 2.14. The molecule has 0 spiro atoms. The van der Waals surface area contributed by atoms with E-state index in [9.17, 15) is 9.59 Å². The first kappa shape index (κ1) is 14.5. The number of nitrogens with zero attached hydrogens (tertiary/aromatic N) is 1. The minimum atomic E-state index is -0.260. The number of carbonyl (C=O) groups excluding carboxylic acids is 2. The fourth-order valence-corrected chi connectivity index (χ4v) is 1.55. The lowest BCUT2D eigenvalue weighted by Gasteiger charge is -2.16. The summed E-state index contributed by atoms with van der Waals surface area (Å²) in [4.78, 5) is 24.5. The average Bonchev–Trinajstić information content (AvgIpc) is 2.28. The maximum Gasteiger partial charge on any atom is 0.243 e. The molecule has 0 heterocycles. The number of benzene rings is 1. The number of likely N-dealkylation sites (N-methyl/N-ethyl adjacent to an activating group) is 2. The second-order valence-corrected chi connectivity index (χ2v) is 4.28. The molecule has 0 saturated carbocycles. The number of hydrogen-bond acceptors (Lipinski definition) is 3. The molecule has 1 aromatic carbocycles. The van der Waals surface area contributed by atoms with Gasteiger partial charge in [-0.25, -0.2) is 0 Å². The topological polar surface area (TPSA) is 61.4 Å². The molecule has 6 heteroatoms. The van der Waals surface area contributed by atoms with Crippen LogP contribution in [-0.2, 0) is 9.59 Å².